The fraction of sp³-hybridized carbons (Fsp3) is 0.357. The Hall–Kier alpha value is -2.69. The van der Waals surface area contributed by atoms with Crippen molar-refractivity contribution in [2.45, 2.75) is 6.92 Å². The second-order valence-corrected chi connectivity index (χ2v) is 3.01. The van der Waals surface area contributed by atoms with Crippen LogP contribution >= 0.6 is 0 Å². The number of rotatable bonds is 8. The molecule has 10 heteroatoms. The molecular formula is C14H22O10. The molecule has 0 heterocycles. The van der Waals surface area contributed by atoms with Gasteiger partial charge in [-0.05, 0) is 13.5 Å². The molecule has 0 amide bonds. The van der Waals surface area contributed by atoms with Crippen LogP contribution in [0.15, 0.2) is 37.6 Å². The highest BCUT2D eigenvalue weighted by Gasteiger charge is 2.06. The van der Waals surface area contributed by atoms with Gasteiger partial charge >= 0.3 is 17.9 Å². The van der Waals surface area contributed by atoms with E-state index in [9.17, 15) is 14.4 Å². The summed E-state index contributed by atoms with van der Waals surface area (Å²) in [4.78, 5) is 30.3. The van der Waals surface area contributed by atoms with E-state index in [1.807, 2.05) is 0 Å². The lowest BCUT2D eigenvalue weighted by atomic mass is 10.6. The van der Waals surface area contributed by atoms with Gasteiger partial charge in [-0.15, -0.1) is 0 Å². The van der Waals surface area contributed by atoms with Crippen LogP contribution in [-0.2, 0) is 33.3 Å². The largest absolute Gasteiger partial charge is 0.487 e. The minimum Gasteiger partial charge on any atom is -0.487 e. The zero-order chi connectivity index (χ0) is 19.4. The van der Waals surface area contributed by atoms with E-state index in [1.165, 1.54) is 0 Å². The summed E-state index contributed by atoms with van der Waals surface area (Å²) in [5.41, 5.74) is 0. The van der Waals surface area contributed by atoms with Gasteiger partial charge in [0.15, 0.2) is 26.1 Å². The smallest absolute Gasteiger partial charge is 0.375 e. The number of aliphatic hydroxyl groups excluding tert-OH is 3. The average Bonchev–Trinajstić information content (AvgIpc) is 2.56. The van der Waals surface area contributed by atoms with Crippen molar-refractivity contribution in [2.24, 2.45) is 0 Å². The summed E-state index contributed by atoms with van der Waals surface area (Å²) in [6.45, 7) is 9.72. The molecule has 10 nitrogen and oxygen atoms in total. The zero-order valence-corrected chi connectivity index (χ0v) is 13.3. The van der Waals surface area contributed by atoms with E-state index in [0.29, 0.717) is 6.61 Å². The van der Waals surface area contributed by atoms with Gasteiger partial charge in [0, 0.05) is 12.2 Å². The summed E-state index contributed by atoms with van der Waals surface area (Å²) >= 11 is 0. The predicted octanol–water partition coefficient (Wildman–Crippen LogP) is -0.640. The standard InChI is InChI=1S/C6H10O4.2C4H6O3/c1-3-9-5(2)6(8)10-4-7;2*1-2-4(6)7-3-5/h7H,2-4H2,1H3;2*2,5H,1,3H2. The first-order valence-electron chi connectivity index (χ1n) is 6.24. The van der Waals surface area contributed by atoms with Gasteiger partial charge < -0.3 is 34.3 Å². The van der Waals surface area contributed by atoms with Crippen LogP contribution in [0, 0.1) is 0 Å². The summed E-state index contributed by atoms with van der Waals surface area (Å²) in [5, 5.41) is 23.9. The van der Waals surface area contributed by atoms with Crippen molar-refractivity contribution in [2.75, 3.05) is 27.0 Å². The van der Waals surface area contributed by atoms with Crippen molar-refractivity contribution in [3.63, 3.8) is 0 Å². The Kier molecular flexibility index (Phi) is 22.2. The first-order valence-corrected chi connectivity index (χ1v) is 6.24. The van der Waals surface area contributed by atoms with Gasteiger partial charge in [0.05, 0.1) is 6.61 Å². The molecule has 0 fully saturated rings. The molecule has 0 aromatic carbocycles. The van der Waals surface area contributed by atoms with Gasteiger partial charge in [0.2, 0.25) is 0 Å². The van der Waals surface area contributed by atoms with Crippen molar-refractivity contribution in [1.29, 1.82) is 0 Å². The summed E-state index contributed by atoms with van der Waals surface area (Å²) in [6.07, 6.45) is 1.96. The van der Waals surface area contributed by atoms with E-state index < -0.39 is 38.3 Å². The quantitative estimate of drug-likeness (QED) is 0.170. The molecule has 0 spiro atoms. The van der Waals surface area contributed by atoms with Gasteiger partial charge in [-0.1, -0.05) is 13.2 Å². The molecular weight excluding hydrogens is 328 g/mol. The van der Waals surface area contributed by atoms with Crippen LogP contribution in [0.5, 0.6) is 0 Å². The molecule has 24 heavy (non-hydrogen) atoms. The van der Waals surface area contributed by atoms with Crippen molar-refractivity contribution in [1.82, 2.24) is 0 Å². The van der Waals surface area contributed by atoms with Crippen molar-refractivity contribution >= 4 is 17.9 Å². The Labute approximate surface area is 139 Å². The van der Waals surface area contributed by atoms with Crippen molar-refractivity contribution < 1.29 is 48.7 Å². The van der Waals surface area contributed by atoms with Gasteiger partial charge in [-0.3, -0.25) is 0 Å². The van der Waals surface area contributed by atoms with E-state index in [1.54, 1.807) is 6.92 Å². The molecule has 0 saturated heterocycles. The predicted molar refractivity (Wildman–Crippen MR) is 80.7 cm³/mol. The Bertz CT molecular complexity index is 364. The highest BCUT2D eigenvalue weighted by Crippen LogP contribution is 1.95. The fourth-order valence-corrected chi connectivity index (χ4v) is 0.617. The SMILES string of the molecule is C=C(OCC)C(=O)OCO.C=CC(=O)OCO.C=CC(=O)OCO. The van der Waals surface area contributed by atoms with Crippen LogP contribution in [0.4, 0.5) is 0 Å². The summed E-state index contributed by atoms with van der Waals surface area (Å²) < 4.78 is 16.8. The van der Waals surface area contributed by atoms with E-state index in [0.717, 1.165) is 12.2 Å². The van der Waals surface area contributed by atoms with Crippen LogP contribution in [0.25, 0.3) is 0 Å². The van der Waals surface area contributed by atoms with Crippen LogP contribution in [0.3, 0.4) is 0 Å². The number of ether oxygens (including phenoxy) is 4. The topological polar surface area (TPSA) is 149 Å². The first-order chi connectivity index (χ1) is 11.3. The number of hydrogen-bond donors (Lipinski definition) is 3. The molecule has 0 bridgehead atoms. The summed E-state index contributed by atoms with van der Waals surface area (Å²) in [6, 6.07) is 0. The third-order valence-electron chi connectivity index (χ3n) is 1.49. The molecule has 0 aromatic heterocycles. The molecule has 0 rings (SSSR count). The third kappa shape index (κ3) is 21.6. The molecule has 0 atom stereocenters. The molecule has 0 saturated carbocycles. The molecule has 138 valence electrons. The number of carbonyl (C=O) groups excluding carboxylic acids is 3. The minimum atomic E-state index is -0.732. The van der Waals surface area contributed by atoms with E-state index in [4.69, 9.17) is 15.3 Å². The number of hydrogen-bond acceptors (Lipinski definition) is 10. The summed E-state index contributed by atoms with van der Waals surface area (Å²) in [5.74, 6) is -2.04. The molecule has 0 aliphatic rings. The first kappa shape index (κ1) is 26.2. The number of carbonyl (C=O) groups is 3. The fourth-order valence-electron chi connectivity index (χ4n) is 0.617. The van der Waals surface area contributed by atoms with Gasteiger partial charge in [-0.2, -0.15) is 0 Å². The maximum absolute atomic E-state index is 10.5. The number of esters is 3. The van der Waals surface area contributed by atoms with Crippen molar-refractivity contribution in [3.8, 4) is 0 Å². The second-order valence-electron chi connectivity index (χ2n) is 3.01. The van der Waals surface area contributed by atoms with Crippen molar-refractivity contribution in [3.05, 3.63) is 37.6 Å². The zero-order valence-electron chi connectivity index (χ0n) is 13.3. The molecule has 0 radical (unpaired) electrons. The molecule has 0 aliphatic carbocycles. The van der Waals surface area contributed by atoms with Crippen LogP contribution in [-0.4, -0.2) is 60.2 Å². The third-order valence-corrected chi connectivity index (χ3v) is 1.49. The average molecular weight is 350 g/mol. The lowest BCUT2D eigenvalue weighted by molar-refractivity contribution is -0.151. The normalized spacial score (nSPS) is 8.00. The molecule has 0 aliphatic heterocycles. The molecule has 0 unspecified atom stereocenters. The summed E-state index contributed by atoms with van der Waals surface area (Å²) in [7, 11) is 0. The maximum atomic E-state index is 10.5. The van der Waals surface area contributed by atoms with Crippen LogP contribution < -0.4 is 0 Å². The molecule has 0 aromatic rings. The maximum Gasteiger partial charge on any atom is 0.375 e. The van der Waals surface area contributed by atoms with Crippen LogP contribution in [0.1, 0.15) is 6.92 Å². The van der Waals surface area contributed by atoms with E-state index >= 15 is 0 Å². The lowest BCUT2D eigenvalue weighted by Gasteiger charge is -2.03. The van der Waals surface area contributed by atoms with E-state index in [-0.39, 0.29) is 5.76 Å². The van der Waals surface area contributed by atoms with Gasteiger partial charge in [0.25, 0.3) is 0 Å². The minimum absolute atomic E-state index is 0.0865. The monoisotopic (exact) mass is 350 g/mol. The highest BCUT2D eigenvalue weighted by atomic mass is 16.6. The Morgan fingerprint density at radius 1 is 0.833 bits per heavy atom. The molecule has 3 N–H and O–H groups in total. The van der Waals surface area contributed by atoms with Gasteiger partial charge in [-0.25, -0.2) is 14.4 Å². The Balaban J connectivity index is -0.000000283. The Morgan fingerprint density at radius 2 is 1.21 bits per heavy atom. The lowest BCUT2D eigenvalue weighted by Crippen LogP contribution is -2.10. The highest BCUT2D eigenvalue weighted by molar-refractivity contribution is 5.85. The van der Waals surface area contributed by atoms with Gasteiger partial charge in [0.1, 0.15) is 0 Å². The van der Waals surface area contributed by atoms with Crippen LogP contribution in [0.2, 0.25) is 0 Å². The number of aliphatic hydroxyl groups is 3. The second kappa shape index (κ2) is 20.3. The Morgan fingerprint density at radius 3 is 1.42 bits per heavy atom. The van der Waals surface area contributed by atoms with E-state index in [2.05, 4.69) is 38.7 Å².